The van der Waals surface area contributed by atoms with Crippen molar-refractivity contribution in [2.75, 3.05) is 6.54 Å². The minimum Gasteiger partial charge on any atom is -0.481 e. The molecule has 0 aromatic carbocycles. The van der Waals surface area contributed by atoms with Gasteiger partial charge in [0.15, 0.2) is 0 Å². The molecule has 2 N–H and O–H groups in total. The first-order chi connectivity index (χ1) is 9.49. The highest BCUT2D eigenvalue weighted by molar-refractivity contribution is 5.89. The van der Waals surface area contributed by atoms with Gasteiger partial charge in [-0.05, 0) is 12.3 Å². The summed E-state index contributed by atoms with van der Waals surface area (Å²) in [6, 6.07) is -0.866. The average molecular weight is 283 g/mol. The van der Waals surface area contributed by atoms with E-state index in [1.807, 2.05) is 0 Å². The molecule has 1 amide bonds. The SMILES string of the molecule is O=C(O)C1CC(=O)N([C@@H](CC2CCCCC2)C(=O)O)C1. The molecule has 6 nitrogen and oxygen atoms in total. The second kappa shape index (κ2) is 6.24. The highest BCUT2D eigenvalue weighted by Crippen LogP contribution is 2.30. The Hall–Kier alpha value is -1.59. The summed E-state index contributed by atoms with van der Waals surface area (Å²) in [6.07, 6.45) is 5.81. The molecule has 0 bridgehead atoms. The fourth-order valence-corrected chi connectivity index (χ4v) is 3.30. The lowest BCUT2D eigenvalue weighted by molar-refractivity contribution is -0.149. The van der Waals surface area contributed by atoms with Crippen LogP contribution in [0, 0.1) is 11.8 Å². The standard InChI is InChI=1S/C14H21NO5/c16-12-7-10(13(17)18)8-15(12)11(14(19)20)6-9-4-2-1-3-5-9/h9-11H,1-8H2,(H,17,18)(H,19,20)/t10?,11-/m0/s1. The number of hydrogen-bond donors (Lipinski definition) is 2. The second-order valence-electron chi connectivity index (χ2n) is 5.88. The molecule has 1 aliphatic carbocycles. The molecule has 0 aromatic heterocycles. The van der Waals surface area contributed by atoms with Crippen molar-refractivity contribution in [3.8, 4) is 0 Å². The first-order valence-corrected chi connectivity index (χ1v) is 7.24. The van der Waals surface area contributed by atoms with Gasteiger partial charge in [-0.1, -0.05) is 32.1 Å². The van der Waals surface area contributed by atoms with Crippen LogP contribution in [0.2, 0.25) is 0 Å². The first kappa shape index (κ1) is 14.8. The topological polar surface area (TPSA) is 94.9 Å². The van der Waals surface area contributed by atoms with Crippen LogP contribution < -0.4 is 0 Å². The van der Waals surface area contributed by atoms with Crippen LogP contribution in [0.1, 0.15) is 44.9 Å². The van der Waals surface area contributed by atoms with Crippen LogP contribution in [-0.2, 0) is 14.4 Å². The van der Waals surface area contributed by atoms with E-state index in [4.69, 9.17) is 5.11 Å². The lowest BCUT2D eigenvalue weighted by Crippen LogP contribution is -2.43. The minimum atomic E-state index is -1.03. The zero-order valence-electron chi connectivity index (χ0n) is 11.5. The number of carbonyl (C=O) groups excluding carboxylic acids is 1. The van der Waals surface area contributed by atoms with Gasteiger partial charge in [-0.2, -0.15) is 0 Å². The monoisotopic (exact) mass is 283 g/mol. The van der Waals surface area contributed by atoms with E-state index in [0.717, 1.165) is 25.7 Å². The number of likely N-dealkylation sites (tertiary alicyclic amines) is 1. The van der Waals surface area contributed by atoms with E-state index in [1.54, 1.807) is 0 Å². The normalized spacial score (nSPS) is 25.7. The van der Waals surface area contributed by atoms with Crippen LogP contribution in [0.4, 0.5) is 0 Å². The largest absolute Gasteiger partial charge is 0.481 e. The maximum absolute atomic E-state index is 11.9. The van der Waals surface area contributed by atoms with Crippen LogP contribution in [0.15, 0.2) is 0 Å². The third kappa shape index (κ3) is 3.29. The molecule has 112 valence electrons. The predicted molar refractivity (Wildman–Crippen MR) is 70.1 cm³/mol. The first-order valence-electron chi connectivity index (χ1n) is 7.24. The summed E-state index contributed by atoms with van der Waals surface area (Å²) in [6.45, 7) is 0.0256. The molecule has 2 atom stereocenters. The van der Waals surface area contributed by atoms with Gasteiger partial charge in [-0.15, -0.1) is 0 Å². The van der Waals surface area contributed by atoms with Gasteiger partial charge >= 0.3 is 11.9 Å². The predicted octanol–water partition coefficient (Wildman–Crippen LogP) is 1.34. The highest BCUT2D eigenvalue weighted by Gasteiger charge is 2.41. The number of rotatable bonds is 5. The van der Waals surface area contributed by atoms with Gasteiger partial charge in [0.1, 0.15) is 6.04 Å². The Bertz CT molecular complexity index is 402. The number of nitrogens with zero attached hydrogens (tertiary/aromatic N) is 1. The summed E-state index contributed by atoms with van der Waals surface area (Å²) in [4.78, 5) is 35.5. The molecule has 20 heavy (non-hydrogen) atoms. The molecule has 2 fully saturated rings. The Balaban J connectivity index is 2.02. The molecule has 6 heteroatoms. The fraction of sp³-hybridized carbons (Fsp3) is 0.786. The van der Waals surface area contributed by atoms with Gasteiger partial charge in [0.25, 0.3) is 0 Å². The molecular formula is C14H21NO5. The van der Waals surface area contributed by atoms with Crippen molar-refractivity contribution in [3.63, 3.8) is 0 Å². The number of aliphatic carboxylic acids is 2. The molecule has 1 saturated carbocycles. The van der Waals surface area contributed by atoms with Crippen LogP contribution >= 0.6 is 0 Å². The van der Waals surface area contributed by atoms with Crippen LogP contribution in [0.25, 0.3) is 0 Å². The van der Waals surface area contributed by atoms with Crippen molar-refractivity contribution in [2.24, 2.45) is 11.8 Å². The molecule has 1 aliphatic heterocycles. The summed E-state index contributed by atoms with van der Waals surface area (Å²) in [5.41, 5.74) is 0. The fourth-order valence-electron chi connectivity index (χ4n) is 3.30. The Labute approximate surface area is 117 Å². The maximum atomic E-state index is 11.9. The molecule has 1 heterocycles. The van der Waals surface area contributed by atoms with Gasteiger partial charge in [0.2, 0.25) is 5.91 Å². The minimum absolute atomic E-state index is 0.0256. The van der Waals surface area contributed by atoms with E-state index in [1.165, 1.54) is 11.3 Å². The summed E-state index contributed by atoms with van der Waals surface area (Å²) >= 11 is 0. The molecule has 1 saturated heterocycles. The third-order valence-corrected chi connectivity index (χ3v) is 4.45. The van der Waals surface area contributed by atoms with E-state index in [2.05, 4.69) is 0 Å². The molecule has 1 unspecified atom stereocenters. The Morgan fingerprint density at radius 2 is 1.85 bits per heavy atom. The maximum Gasteiger partial charge on any atom is 0.326 e. The summed E-state index contributed by atoms with van der Waals surface area (Å²) in [5.74, 6) is -2.82. The molecule has 2 aliphatic rings. The second-order valence-corrected chi connectivity index (χ2v) is 5.88. The number of amides is 1. The molecule has 0 aromatic rings. The van der Waals surface area contributed by atoms with E-state index in [-0.39, 0.29) is 18.9 Å². The molecule has 0 spiro atoms. The van der Waals surface area contributed by atoms with Crippen molar-refractivity contribution in [3.05, 3.63) is 0 Å². The number of carbonyl (C=O) groups is 3. The summed E-state index contributed by atoms with van der Waals surface area (Å²) in [5, 5.41) is 18.3. The van der Waals surface area contributed by atoms with Gasteiger partial charge in [0, 0.05) is 13.0 Å². The highest BCUT2D eigenvalue weighted by atomic mass is 16.4. The Morgan fingerprint density at radius 1 is 1.20 bits per heavy atom. The number of carboxylic acid groups (broad SMARTS) is 2. The van der Waals surface area contributed by atoms with Gasteiger partial charge in [-0.25, -0.2) is 4.79 Å². The van der Waals surface area contributed by atoms with Crippen molar-refractivity contribution < 1.29 is 24.6 Å². The zero-order chi connectivity index (χ0) is 14.7. The zero-order valence-corrected chi connectivity index (χ0v) is 11.5. The van der Waals surface area contributed by atoms with Gasteiger partial charge in [-0.3, -0.25) is 9.59 Å². The lowest BCUT2D eigenvalue weighted by Gasteiger charge is -2.30. The Morgan fingerprint density at radius 3 is 2.35 bits per heavy atom. The van der Waals surface area contributed by atoms with E-state index < -0.39 is 23.9 Å². The van der Waals surface area contributed by atoms with Crippen LogP contribution in [0.5, 0.6) is 0 Å². The lowest BCUT2D eigenvalue weighted by atomic mass is 9.84. The Kier molecular flexibility index (Phi) is 4.62. The quantitative estimate of drug-likeness (QED) is 0.794. The van der Waals surface area contributed by atoms with Crippen molar-refractivity contribution >= 4 is 17.8 Å². The third-order valence-electron chi connectivity index (χ3n) is 4.45. The van der Waals surface area contributed by atoms with Crippen molar-refractivity contribution in [2.45, 2.75) is 51.0 Å². The molecule has 0 radical (unpaired) electrons. The molecule has 2 rings (SSSR count). The van der Waals surface area contributed by atoms with Crippen LogP contribution in [-0.4, -0.2) is 45.5 Å². The summed E-state index contributed by atoms with van der Waals surface area (Å²) in [7, 11) is 0. The summed E-state index contributed by atoms with van der Waals surface area (Å²) < 4.78 is 0. The number of carboxylic acids is 2. The smallest absolute Gasteiger partial charge is 0.326 e. The van der Waals surface area contributed by atoms with Gasteiger partial charge in [0.05, 0.1) is 5.92 Å². The van der Waals surface area contributed by atoms with Crippen molar-refractivity contribution in [1.82, 2.24) is 4.90 Å². The van der Waals surface area contributed by atoms with E-state index >= 15 is 0 Å². The molecular weight excluding hydrogens is 262 g/mol. The van der Waals surface area contributed by atoms with E-state index in [0.29, 0.717) is 12.3 Å². The van der Waals surface area contributed by atoms with Crippen molar-refractivity contribution in [1.29, 1.82) is 0 Å². The van der Waals surface area contributed by atoms with E-state index in [9.17, 15) is 19.5 Å². The number of hydrogen-bond acceptors (Lipinski definition) is 3. The van der Waals surface area contributed by atoms with Crippen LogP contribution in [0.3, 0.4) is 0 Å². The van der Waals surface area contributed by atoms with Gasteiger partial charge < -0.3 is 15.1 Å². The average Bonchev–Trinajstić information content (AvgIpc) is 2.79.